The van der Waals surface area contributed by atoms with Crippen LogP contribution in [0, 0.1) is 0 Å². The molecule has 0 atom stereocenters. The molecule has 0 aliphatic heterocycles. The van der Waals surface area contributed by atoms with Gasteiger partial charge in [0, 0.05) is 17.7 Å². The predicted molar refractivity (Wildman–Crippen MR) is 114 cm³/mol. The summed E-state index contributed by atoms with van der Waals surface area (Å²) in [4.78, 5) is 12.2. The molecule has 0 radical (unpaired) electrons. The largest absolute Gasteiger partial charge is 0.416 e. The van der Waals surface area contributed by atoms with Gasteiger partial charge in [-0.25, -0.2) is 13.5 Å². The molecule has 0 saturated carbocycles. The van der Waals surface area contributed by atoms with E-state index in [1.165, 1.54) is 12.1 Å². The number of carbonyl (C=O) groups is 1. The van der Waals surface area contributed by atoms with E-state index in [0.717, 1.165) is 12.1 Å². The molecule has 0 spiro atoms. The Labute approximate surface area is 199 Å². The maximum Gasteiger partial charge on any atom is 0.416 e. The first-order chi connectivity index (χ1) is 16.7. The van der Waals surface area contributed by atoms with Crippen molar-refractivity contribution in [1.82, 2.24) is 25.9 Å². The normalized spacial score (nSPS) is 12.3. The summed E-state index contributed by atoms with van der Waals surface area (Å²) in [7, 11) is -4.51. The van der Waals surface area contributed by atoms with Crippen LogP contribution < -0.4 is 10.0 Å². The van der Waals surface area contributed by atoms with Crippen LogP contribution in [0.2, 0.25) is 0 Å². The van der Waals surface area contributed by atoms with Crippen molar-refractivity contribution in [3.05, 3.63) is 65.9 Å². The van der Waals surface area contributed by atoms with Gasteiger partial charge in [0.1, 0.15) is 0 Å². The third-order valence-electron chi connectivity index (χ3n) is 4.62. The molecular formula is C20H16F6N6O3S. The Balaban J connectivity index is 1.89. The lowest BCUT2D eigenvalue weighted by Crippen LogP contribution is -2.25. The number of sulfonamides is 1. The van der Waals surface area contributed by atoms with Gasteiger partial charge in [-0.15, -0.1) is 5.10 Å². The van der Waals surface area contributed by atoms with E-state index in [9.17, 15) is 39.6 Å². The number of alkyl halides is 6. The number of rotatable bonds is 8. The van der Waals surface area contributed by atoms with Gasteiger partial charge in [-0.1, -0.05) is 6.58 Å². The van der Waals surface area contributed by atoms with Crippen LogP contribution in [-0.2, 0) is 16.2 Å². The van der Waals surface area contributed by atoms with E-state index in [0.29, 0.717) is 23.8 Å². The number of tetrazole rings is 1. The SMILES string of the molecule is C=C(CCC(F)(F)F)NC(=O)c1ccc(C(F)(F)F)cc1NS(=O)(=O)c1ccc(-c2nnn[nH]2)cc1. The average Bonchev–Trinajstić information content (AvgIpc) is 3.31. The number of nitrogens with zero attached hydrogens (tertiary/aromatic N) is 3. The number of benzene rings is 2. The fourth-order valence-corrected chi connectivity index (χ4v) is 3.93. The maximum absolute atomic E-state index is 13.2. The summed E-state index contributed by atoms with van der Waals surface area (Å²) in [6.45, 7) is 3.29. The minimum atomic E-state index is -4.88. The van der Waals surface area contributed by atoms with Gasteiger partial charge < -0.3 is 5.32 Å². The molecule has 1 aromatic heterocycles. The molecule has 2 aromatic carbocycles. The Kier molecular flexibility index (Phi) is 7.38. The number of nitrogens with one attached hydrogen (secondary N) is 3. The number of allylic oxidation sites excluding steroid dienone is 1. The summed E-state index contributed by atoms with van der Waals surface area (Å²) >= 11 is 0. The van der Waals surface area contributed by atoms with Crippen LogP contribution in [-0.4, -0.2) is 41.1 Å². The van der Waals surface area contributed by atoms with E-state index in [1.807, 2.05) is 10.0 Å². The predicted octanol–water partition coefficient (Wildman–Crippen LogP) is 4.27. The van der Waals surface area contributed by atoms with E-state index >= 15 is 0 Å². The van der Waals surface area contributed by atoms with Crippen molar-refractivity contribution in [2.24, 2.45) is 0 Å². The van der Waals surface area contributed by atoms with E-state index in [-0.39, 0.29) is 16.4 Å². The van der Waals surface area contributed by atoms with E-state index in [1.54, 1.807) is 0 Å². The zero-order valence-corrected chi connectivity index (χ0v) is 18.7. The van der Waals surface area contributed by atoms with Crippen LogP contribution in [0.4, 0.5) is 32.0 Å². The topological polar surface area (TPSA) is 130 Å². The summed E-state index contributed by atoms with van der Waals surface area (Å²) in [5.74, 6) is -0.920. The standard InChI is InChI=1S/C20H16F6N6O3S/c1-11(8-9-19(21,22)23)27-18(33)15-7-4-13(20(24,25)26)10-16(15)30-36(34,35)14-5-2-12(3-6-14)17-28-31-32-29-17/h2-7,10,30H,1,8-9H2,(H,27,33)(H,28,29,31,32). The molecule has 9 nitrogen and oxygen atoms in total. The van der Waals surface area contributed by atoms with Crippen LogP contribution in [0.25, 0.3) is 11.4 Å². The highest BCUT2D eigenvalue weighted by molar-refractivity contribution is 7.92. The van der Waals surface area contributed by atoms with Crippen LogP contribution in [0.15, 0.2) is 59.6 Å². The minimum absolute atomic E-state index is 0.231. The third-order valence-corrected chi connectivity index (χ3v) is 6.00. The summed E-state index contributed by atoms with van der Waals surface area (Å²) in [6, 6.07) is 6.57. The highest BCUT2D eigenvalue weighted by atomic mass is 32.2. The quantitative estimate of drug-likeness (QED) is 0.370. The first kappa shape index (κ1) is 26.7. The summed E-state index contributed by atoms with van der Waals surface area (Å²) < 4.78 is 105. The first-order valence-electron chi connectivity index (χ1n) is 9.80. The zero-order valence-electron chi connectivity index (χ0n) is 17.9. The molecule has 0 aliphatic carbocycles. The molecule has 0 aliphatic rings. The fourth-order valence-electron chi connectivity index (χ4n) is 2.86. The second-order valence-electron chi connectivity index (χ2n) is 7.31. The van der Waals surface area contributed by atoms with Gasteiger partial charge in [0.05, 0.1) is 21.7 Å². The van der Waals surface area contributed by atoms with Crippen molar-refractivity contribution < 1.29 is 39.6 Å². The highest BCUT2D eigenvalue weighted by Crippen LogP contribution is 2.33. The first-order valence-corrected chi connectivity index (χ1v) is 11.3. The average molecular weight is 534 g/mol. The second kappa shape index (κ2) is 9.96. The highest BCUT2D eigenvalue weighted by Gasteiger charge is 2.32. The molecule has 1 heterocycles. The Morgan fingerprint density at radius 2 is 1.69 bits per heavy atom. The lowest BCUT2D eigenvalue weighted by molar-refractivity contribution is -0.137. The number of anilines is 1. The Bertz CT molecular complexity index is 1350. The molecule has 3 rings (SSSR count). The third kappa shape index (κ3) is 6.80. The van der Waals surface area contributed by atoms with Crippen LogP contribution in [0.5, 0.6) is 0 Å². The molecule has 0 saturated heterocycles. The molecule has 1 amide bonds. The monoisotopic (exact) mass is 534 g/mol. The molecule has 192 valence electrons. The van der Waals surface area contributed by atoms with Crippen LogP contribution >= 0.6 is 0 Å². The van der Waals surface area contributed by atoms with Gasteiger partial charge in [-0.05, 0) is 59.3 Å². The molecule has 36 heavy (non-hydrogen) atoms. The summed E-state index contributed by atoms with van der Waals surface area (Å²) in [6.07, 6.45) is -11.4. The number of aromatic amines is 1. The van der Waals surface area contributed by atoms with Gasteiger partial charge >= 0.3 is 12.4 Å². The zero-order chi connectivity index (χ0) is 26.7. The van der Waals surface area contributed by atoms with E-state index in [2.05, 4.69) is 27.2 Å². The van der Waals surface area contributed by atoms with E-state index < -0.39 is 57.9 Å². The molecule has 0 fully saturated rings. The molecule has 3 aromatic rings. The van der Waals surface area contributed by atoms with Crippen LogP contribution in [0.3, 0.4) is 0 Å². The molecule has 0 unspecified atom stereocenters. The number of halogens is 6. The van der Waals surface area contributed by atoms with Crippen molar-refractivity contribution in [2.75, 3.05) is 4.72 Å². The van der Waals surface area contributed by atoms with Crippen molar-refractivity contribution in [3.8, 4) is 11.4 Å². The fraction of sp³-hybridized carbons (Fsp3) is 0.200. The van der Waals surface area contributed by atoms with Crippen LogP contribution in [0.1, 0.15) is 28.8 Å². The number of amides is 1. The number of carbonyl (C=O) groups excluding carboxylic acids is 1. The van der Waals surface area contributed by atoms with Crippen molar-refractivity contribution in [2.45, 2.75) is 30.1 Å². The Morgan fingerprint density at radius 3 is 2.25 bits per heavy atom. The number of hydrogen-bond donors (Lipinski definition) is 3. The van der Waals surface area contributed by atoms with Gasteiger partial charge in [0.2, 0.25) is 0 Å². The van der Waals surface area contributed by atoms with E-state index in [4.69, 9.17) is 0 Å². The lowest BCUT2D eigenvalue weighted by atomic mass is 10.1. The summed E-state index contributed by atoms with van der Waals surface area (Å²) in [5, 5.41) is 14.9. The smallest absolute Gasteiger partial charge is 0.326 e. The van der Waals surface area contributed by atoms with Crippen molar-refractivity contribution >= 4 is 21.6 Å². The van der Waals surface area contributed by atoms with Gasteiger partial charge in [0.25, 0.3) is 15.9 Å². The second-order valence-corrected chi connectivity index (χ2v) is 8.99. The Hall–Kier alpha value is -3.95. The molecular weight excluding hydrogens is 518 g/mol. The number of H-pyrrole nitrogens is 1. The number of aromatic nitrogens is 4. The summed E-state index contributed by atoms with van der Waals surface area (Å²) in [5.41, 5.74) is -2.52. The number of hydrogen-bond acceptors (Lipinski definition) is 6. The van der Waals surface area contributed by atoms with Crippen molar-refractivity contribution in [1.29, 1.82) is 0 Å². The van der Waals surface area contributed by atoms with Gasteiger partial charge in [-0.2, -0.15) is 26.3 Å². The maximum atomic E-state index is 13.2. The van der Waals surface area contributed by atoms with Gasteiger partial charge in [-0.3, -0.25) is 9.52 Å². The lowest BCUT2D eigenvalue weighted by Gasteiger charge is -2.16. The molecule has 0 bridgehead atoms. The molecule has 16 heteroatoms. The van der Waals surface area contributed by atoms with Crippen molar-refractivity contribution in [3.63, 3.8) is 0 Å². The van der Waals surface area contributed by atoms with Gasteiger partial charge in [0.15, 0.2) is 5.82 Å². The molecule has 3 N–H and O–H groups in total. The minimum Gasteiger partial charge on any atom is -0.326 e. The Morgan fingerprint density at radius 1 is 1.03 bits per heavy atom.